The molecule has 2 aliphatic rings. The lowest BCUT2D eigenvalue weighted by atomic mass is 9.94. The second kappa shape index (κ2) is 10.9. The summed E-state index contributed by atoms with van der Waals surface area (Å²) in [6, 6.07) is 8.54. The van der Waals surface area contributed by atoms with E-state index in [4.69, 9.17) is 9.41 Å². The number of fused-ring (bicyclic) bond motifs is 1. The molecule has 1 amide bonds. The van der Waals surface area contributed by atoms with Crippen LogP contribution in [-0.2, 0) is 16.8 Å². The van der Waals surface area contributed by atoms with Gasteiger partial charge in [0, 0.05) is 49.6 Å². The van der Waals surface area contributed by atoms with Crippen LogP contribution >= 0.6 is 24.0 Å². The molecule has 1 aromatic heterocycles. The molecule has 2 aromatic rings. The number of aliphatic imine (C=N–C) groups is 1. The number of para-hydroxylation sites is 1. The number of likely N-dealkylation sites (tertiary alicyclic amines) is 1. The van der Waals surface area contributed by atoms with Gasteiger partial charge in [0.25, 0.3) is 0 Å². The number of hydrogen-bond donors (Lipinski definition) is 1. The number of aromatic nitrogens is 1. The van der Waals surface area contributed by atoms with Crippen molar-refractivity contribution in [3.8, 4) is 0 Å². The molecule has 1 aromatic carbocycles. The van der Waals surface area contributed by atoms with E-state index in [-0.39, 0.29) is 29.4 Å². The van der Waals surface area contributed by atoms with Crippen LogP contribution in [0.1, 0.15) is 70.1 Å². The Labute approximate surface area is 214 Å². The Hall–Kier alpha value is -2.10. The van der Waals surface area contributed by atoms with Crippen molar-refractivity contribution in [2.45, 2.75) is 64.8 Å². The van der Waals surface area contributed by atoms with Gasteiger partial charge in [0.1, 0.15) is 12.3 Å². The first kappa shape index (κ1) is 25.5. The number of guanidine groups is 1. The molecule has 2 aliphatic heterocycles. The normalized spacial score (nSPS) is 18.5. The Morgan fingerprint density at radius 1 is 1.30 bits per heavy atom. The number of hydrogen-bond acceptors (Lipinski definition) is 4. The monoisotopic (exact) mass is 565 g/mol. The zero-order valence-corrected chi connectivity index (χ0v) is 22.5. The summed E-state index contributed by atoms with van der Waals surface area (Å²) in [4.78, 5) is 25.6. The molecule has 3 heterocycles. The van der Waals surface area contributed by atoms with Crippen LogP contribution in [0.3, 0.4) is 0 Å². The molecule has 0 radical (unpaired) electrons. The van der Waals surface area contributed by atoms with E-state index < -0.39 is 0 Å². The fourth-order valence-electron chi connectivity index (χ4n) is 4.46. The van der Waals surface area contributed by atoms with Gasteiger partial charge in [0.2, 0.25) is 11.8 Å². The van der Waals surface area contributed by atoms with Gasteiger partial charge in [-0.25, -0.2) is 9.98 Å². The molecule has 0 aliphatic carbocycles. The van der Waals surface area contributed by atoms with Crippen LogP contribution in [0.5, 0.6) is 0 Å². The summed E-state index contributed by atoms with van der Waals surface area (Å²) in [7, 11) is 0. The fraction of sp³-hybridized carbons (Fsp3) is 0.560. The van der Waals surface area contributed by atoms with Crippen molar-refractivity contribution >= 4 is 41.5 Å². The standard InChI is InChI=1S/C25H35N5O2.HI/c1-5-26-24(28-16-22-27-15-21(32-22)25(2,3)4)30-17-18(19-9-6-7-10-20(19)30)12-14-29-13-8-11-23(29)31;/h6-7,9-10,15,18H,5,8,11-14,16-17H2,1-4H3,(H,26,28);1H. The lowest BCUT2D eigenvalue weighted by molar-refractivity contribution is -0.127. The number of benzene rings is 1. The lowest BCUT2D eigenvalue weighted by Gasteiger charge is -2.23. The highest BCUT2D eigenvalue weighted by molar-refractivity contribution is 14.0. The maximum Gasteiger partial charge on any atom is 0.222 e. The van der Waals surface area contributed by atoms with Gasteiger partial charge in [0.05, 0.1) is 6.20 Å². The van der Waals surface area contributed by atoms with Crippen molar-refractivity contribution in [2.75, 3.05) is 31.1 Å². The van der Waals surface area contributed by atoms with E-state index in [1.54, 1.807) is 6.20 Å². The Balaban J connectivity index is 0.00000306. The van der Waals surface area contributed by atoms with Gasteiger partial charge >= 0.3 is 0 Å². The van der Waals surface area contributed by atoms with Crippen LogP contribution in [0.4, 0.5) is 5.69 Å². The smallest absolute Gasteiger partial charge is 0.222 e. The zero-order chi connectivity index (χ0) is 22.7. The van der Waals surface area contributed by atoms with E-state index in [2.05, 4.69) is 67.2 Å². The van der Waals surface area contributed by atoms with Crippen LogP contribution in [0.15, 0.2) is 39.9 Å². The number of anilines is 1. The van der Waals surface area contributed by atoms with Crippen LogP contribution in [-0.4, -0.2) is 47.9 Å². The molecular formula is C25H36IN5O2. The Morgan fingerprint density at radius 3 is 2.76 bits per heavy atom. The summed E-state index contributed by atoms with van der Waals surface area (Å²) in [6.45, 7) is 12.2. The molecule has 1 saturated heterocycles. The summed E-state index contributed by atoms with van der Waals surface area (Å²) in [5, 5.41) is 3.44. The van der Waals surface area contributed by atoms with Crippen LogP contribution in [0.2, 0.25) is 0 Å². The Bertz CT molecular complexity index is 981. The summed E-state index contributed by atoms with van der Waals surface area (Å²) in [5.74, 6) is 3.01. The van der Waals surface area contributed by atoms with Gasteiger partial charge in [-0.2, -0.15) is 0 Å². The molecule has 0 saturated carbocycles. The van der Waals surface area contributed by atoms with E-state index in [1.807, 2.05) is 4.90 Å². The molecule has 8 heteroatoms. The molecule has 1 atom stereocenters. The van der Waals surface area contributed by atoms with E-state index in [0.29, 0.717) is 30.7 Å². The van der Waals surface area contributed by atoms with Crippen molar-refractivity contribution in [1.82, 2.24) is 15.2 Å². The van der Waals surface area contributed by atoms with Gasteiger partial charge in [-0.3, -0.25) is 4.79 Å². The molecule has 7 nitrogen and oxygen atoms in total. The number of carbonyl (C=O) groups is 1. The number of rotatable bonds is 6. The predicted octanol–water partition coefficient (Wildman–Crippen LogP) is 4.67. The summed E-state index contributed by atoms with van der Waals surface area (Å²) in [5.41, 5.74) is 2.45. The first-order valence-corrected chi connectivity index (χ1v) is 11.7. The first-order chi connectivity index (χ1) is 15.4. The fourth-order valence-corrected chi connectivity index (χ4v) is 4.46. The van der Waals surface area contributed by atoms with Gasteiger partial charge in [-0.05, 0) is 31.4 Å². The quantitative estimate of drug-likeness (QED) is 0.313. The second-order valence-corrected chi connectivity index (χ2v) is 9.68. The second-order valence-electron chi connectivity index (χ2n) is 9.68. The number of nitrogens with one attached hydrogen (secondary N) is 1. The molecular weight excluding hydrogens is 529 g/mol. The van der Waals surface area contributed by atoms with E-state index in [9.17, 15) is 4.79 Å². The average molecular weight is 566 g/mol. The first-order valence-electron chi connectivity index (χ1n) is 11.7. The molecule has 180 valence electrons. The van der Waals surface area contributed by atoms with Gasteiger partial charge < -0.3 is 19.5 Å². The SMILES string of the molecule is CCNC(=NCc1ncc(C(C)(C)C)o1)N1CC(CCN2CCCC2=O)c2ccccc21.I. The van der Waals surface area contributed by atoms with Gasteiger partial charge in [-0.1, -0.05) is 39.0 Å². The minimum Gasteiger partial charge on any atom is -0.443 e. The number of halogens is 1. The molecule has 0 spiro atoms. The van der Waals surface area contributed by atoms with E-state index >= 15 is 0 Å². The Kier molecular flexibility index (Phi) is 8.42. The summed E-state index contributed by atoms with van der Waals surface area (Å²) in [6.07, 6.45) is 4.45. The van der Waals surface area contributed by atoms with Crippen LogP contribution in [0, 0.1) is 0 Å². The minimum absolute atomic E-state index is 0. The summed E-state index contributed by atoms with van der Waals surface area (Å²) >= 11 is 0. The third kappa shape index (κ3) is 5.88. The average Bonchev–Trinajstić information content (AvgIpc) is 3.48. The van der Waals surface area contributed by atoms with Crippen molar-refractivity contribution in [3.05, 3.63) is 47.7 Å². The van der Waals surface area contributed by atoms with Crippen LogP contribution in [0.25, 0.3) is 0 Å². The largest absolute Gasteiger partial charge is 0.443 e. The lowest BCUT2D eigenvalue weighted by Crippen LogP contribution is -2.41. The molecule has 1 unspecified atom stereocenters. The third-order valence-corrected chi connectivity index (χ3v) is 6.24. The molecule has 4 rings (SSSR count). The number of oxazole rings is 1. The topological polar surface area (TPSA) is 74.0 Å². The maximum absolute atomic E-state index is 12.0. The predicted molar refractivity (Wildman–Crippen MR) is 142 cm³/mol. The minimum atomic E-state index is -0.0721. The highest BCUT2D eigenvalue weighted by atomic mass is 127. The van der Waals surface area contributed by atoms with E-state index in [1.165, 1.54) is 11.3 Å². The van der Waals surface area contributed by atoms with Crippen molar-refractivity contribution < 1.29 is 9.21 Å². The molecule has 0 bridgehead atoms. The van der Waals surface area contributed by atoms with E-state index in [0.717, 1.165) is 50.7 Å². The van der Waals surface area contributed by atoms with Crippen LogP contribution < -0.4 is 10.2 Å². The zero-order valence-electron chi connectivity index (χ0n) is 20.1. The van der Waals surface area contributed by atoms with Gasteiger partial charge in [-0.15, -0.1) is 24.0 Å². The molecule has 1 fully saturated rings. The number of carbonyl (C=O) groups excluding carboxylic acids is 1. The number of amides is 1. The maximum atomic E-state index is 12.0. The third-order valence-electron chi connectivity index (χ3n) is 6.24. The van der Waals surface area contributed by atoms with Crippen molar-refractivity contribution in [2.24, 2.45) is 4.99 Å². The summed E-state index contributed by atoms with van der Waals surface area (Å²) < 4.78 is 5.93. The Morgan fingerprint density at radius 2 is 2.09 bits per heavy atom. The molecule has 33 heavy (non-hydrogen) atoms. The van der Waals surface area contributed by atoms with Gasteiger partial charge in [0.15, 0.2) is 5.96 Å². The highest BCUT2D eigenvalue weighted by Crippen LogP contribution is 2.38. The van der Waals surface area contributed by atoms with Crippen molar-refractivity contribution in [1.29, 1.82) is 0 Å². The molecule has 1 N–H and O–H groups in total. The van der Waals surface area contributed by atoms with Crippen molar-refractivity contribution in [3.63, 3.8) is 0 Å². The number of nitrogens with zero attached hydrogens (tertiary/aromatic N) is 4. The highest BCUT2D eigenvalue weighted by Gasteiger charge is 2.32.